The molecule has 2 amide bonds. The Hall–Kier alpha value is -2.88. The van der Waals surface area contributed by atoms with E-state index >= 15 is 0 Å². The van der Waals surface area contributed by atoms with Gasteiger partial charge in [0, 0.05) is 19.5 Å². The number of aryl methyl sites for hydroxylation is 1. The van der Waals surface area contributed by atoms with Gasteiger partial charge in [0.25, 0.3) is 0 Å². The van der Waals surface area contributed by atoms with E-state index in [4.69, 9.17) is 0 Å². The largest absolute Gasteiger partial charge is 0.416 e. The van der Waals surface area contributed by atoms with Crippen molar-refractivity contribution < 1.29 is 31.2 Å². The highest BCUT2D eigenvalue weighted by Gasteiger charge is 2.45. The molecule has 2 aromatic carbocycles. The van der Waals surface area contributed by atoms with Gasteiger partial charge < -0.3 is 10.2 Å². The van der Waals surface area contributed by atoms with Gasteiger partial charge >= 0.3 is 6.18 Å². The van der Waals surface area contributed by atoms with Crippen LogP contribution in [-0.4, -0.2) is 44.5 Å². The minimum atomic E-state index is -4.49. The Morgan fingerprint density at radius 2 is 1.81 bits per heavy atom. The van der Waals surface area contributed by atoms with Gasteiger partial charge in [-0.2, -0.15) is 13.2 Å². The number of halogens is 3. The molecule has 4 rings (SSSR count). The highest BCUT2D eigenvalue weighted by molar-refractivity contribution is 7.91. The molecule has 0 unspecified atom stereocenters. The Kier molecular flexibility index (Phi) is 5.07. The van der Waals surface area contributed by atoms with Gasteiger partial charge in [0.1, 0.15) is 5.92 Å². The molecule has 1 N–H and O–H groups in total. The monoisotopic (exact) mass is 452 g/mol. The maximum absolute atomic E-state index is 13.1. The minimum absolute atomic E-state index is 0.0471. The van der Waals surface area contributed by atoms with Gasteiger partial charge in [-0.05, 0) is 35.7 Å². The fourth-order valence-corrected chi connectivity index (χ4v) is 5.93. The lowest BCUT2D eigenvalue weighted by Gasteiger charge is -2.18. The first-order chi connectivity index (χ1) is 14.5. The van der Waals surface area contributed by atoms with Crippen molar-refractivity contribution in [3.05, 3.63) is 59.2 Å². The van der Waals surface area contributed by atoms with Crippen LogP contribution in [0.15, 0.2) is 47.4 Å². The van der Waals surface area contributed by atoms with Crippen LogP contribution in [0.25, 0.3) is 0 Å². The molecule has 10 heteroatoms. The number of nitrogens with one attached hydrogen (secondary N) is 1. The van der Waals surface area contributed by atoms with Crippen molar-refractivity contribution in [1.29, 1.82) is 0 Å². The van der Waals surface area contributed by atoms with E-state index in [2.05, 4.69) is 5.32 Å². The zero-order valence-corrected chi connectivity index (χ0v) is 17.3. The van der Waals surface area contributed by atoms with Crippen LogP contribution in [0.5, 0.6) is 0 Å². The van der Waals surface area contributed by atoms with E-state index in [1.807, 2.05) is 0 Å². The molecule has 2 atom stereocenters. The van der Waals surface area contributed by atoms with E-state index in [0.717, 1.165) is 12.1 Å². The molecule has 31 heavy (non-hydrogen) atoms. The van der Waals surface area contributed by atoms with Gasteiger partial charge in [0.15, 0.2) is 9.84 Å². The van der Waals surface area contributed by atoms with Gasteiger partial charge in [0.2, 0.25) is 11.8 Å². The summed E-state index contributed by atoms with van der Waals surface area (Å²) in [6.07, 6.45) is -4.14. The van der Waals surface area contributed by atoms with Crippen molar-refractivity contribution in [2.75, 3.05) is 24.7 Å². The molecule has 0 bridgehead atoms. The average molecular weight is 452 g/mol. The molecule has 2 aromatic rings. The topological polar surface area (TPSA) is 83.6 Å². The molecule has 1 saturated heterocycles. The summed E-state index contributed by atoms with van der Waals surface area (Å²) in [4.78, 5) is 27.1. The first-order valence-corrected chi connectivity index (χ1v) is 11.2. The Bertz CT molecular complexity index is 1160. The molecular formula is C21H19F3N2O4S. The van der Waals surface area contributed by atoms with Crippen molar-refractivity contribution in [2.45, 2.75) is 23.4 Å². The summed E-state index contributed by atoms with van der Waals surface area (Å²) in [5.74, 6) is -3.04. The summed E-state index contributed by atoms with van der Waals surface area (Å²) in [5, 5.41) is 2.58. The van der Waals surface area contributed by atoms with E-state index in [0.29, 0.717) is 17.5 Å². The molecule has 2 heterocycles. The number of carbonyl (C=O) groups is 2. The van der Waals surface area contributed by atoms with Crippen molar-refractivity contribution in [3.8, 4) is 0 Å². The lowest BCUT2D eigenvalue weighted by Crippen LogP contribution is -2.33. The molecular weight excluding hydrogens is 433 g/mol. The summed E-state index contributed by atoms with van der Waals surface area (Å²) in [6.45, 7) is 0.160. The Morgan fingerprint density at radius 1 is 1.13 bits per heavy atom. The molecule has 1 fully saturated rings. The summed E-state index contributed by atoms with van der Waals surface area (Å²) in [6, 6.07) is 9.15. The molecule has 0 aliphatic carbocycles. The van der Waals surface area contributed by atoms with E-state index in [-0.39, 0.29) is 22.9 Å². The van der Waals surface area contributed by atoms with E-state index < -0.39 is 45.2 Å². The molecule has 0 radical (unpaired) electrons. The van der Waals surface area contributed by atoms with Crippen molar-refractivity contribution in [2.24, 2.45) is 5.92 Å². The van der Waals surface area contributed by atoms with Crippen LogP contribution in [0.1, 0.15) is 22.6 Å². The normalized spacial score (nSPS) is 22.5. The van der Waals surface area contributed by atoms with Gasteiger partial charge in [-0.3, -0.25) is 9.59 Å². The summed E-state index contributed by atoms with van der Waals surface area (Å²) >= 11 is 0. The Labute approximate surface area is 177 Å². The second kappa shape index (κ2) is 7.37. The standard InChI is InChI=1S/C21H19F3N2O4S/c1-26-11-15(12-5-7-14(8-6-12)21(22,23)24)17(20(26)28)19(27)25-16-4-2-3-13-9-10-31(29,30)18(13)16/h2-8,15,17H,9-11H2,1H3,(H,25,27)/t15-,17+/m1/s1. The minimum Gasteiger partial charge on any atom is -0.344 e. The van der Waals surface area contributed by atoms with Crippen LogP contribution in [0.3, 0.4) is 0 Å². The van der Waals surface area contributed by atoms with Crippen LogP contribution >= 0.6 is 0 Å². The molecule has 0 spiro atoms. The number of hydrogen-bond acceptors (Lipinski definition) is 4. The number of carbonyl (C=O) groups excluding carboxylic acids is 2. The lowest BCUT2D eigenvalue weighted by molar-refractivity contribution is -0.138. The van der Waals surface area contributed by atoms with Gasteiger partial charge in [-0.25, -0.2) is 8.42 Å². The summed E-state index contributed by atoms with van der Waals surface area (Å²) in [5.41, 5.74) is 0.331. The third kappa shape index (κ3) is 3.80. The Balaban J connectivity index is 1.64. The Morgan fingerprint density at radius 3 is 2.45 bits per heavy atom. The predicted octanol–water partition coefficient (Wildman–Crippen LogP) is 2.85. The van der Waals surface area contributed by atoms with Crippen molar-refractivity contribution in [1.82, 2.24) is 4.90 Å². The quantitative estimate of drug-likeness (QED) is 0.726. The fourth-order valence-electron chi connectivity index (χ4n) is 4.22. The number of hydrogen-bond donors (Lipinski definition) is 1. The van der Waals surface area contributed by atoms with E-state index in [1.54, 1.807) is 12.1 Å². The third-order valence-corrected chi connectivity index (χ3v) is 7.62. The van der Waals surface area contributed by atoms with Crippen LogP contribution in [0.4, 0.5) is 18.9 Å². The maximum Gasteiger partial charge on any atom is 0.416 e. The molecule has 6 nitrogen and oxygen atoms in total. The summed E-state index contributed by atoms with van der Waals surface area (Å²) in [7, 11) is -2.02. The fraction of sp³-hybridized carbons (Fsp3) is 0.333. The number of amides is 2. The molecule has 0 saturated carbocycles. The second-order valence-electron chi connectivity index (χ2n) is 7.77. The van der Waals surface area contributed by atoms with Gasteiger partial charge in [0.05, 0.1) is 21.9 Å². The number of anilines is 1. The number of likely N-dealkylation sites (tertiary alicyclic amines) is 1. The van der Waals surface area contributed by atoms with Gasteiger partial charge in [-0.15, -0.1) is 0 Å². The molecule has 164 valence electrons. The predicted molar refractivity (Wildman–Crippen MR) is 106 cm³/mol. The van der Waals surface area contributed by atoms with Crippen LogP contribution in [0, 0.1) is 5.92 Å². The van der Waals surface area contributed by atoms with Crippen LogP contribution in [0.2, 0.25) is 0 Å². The van der Waals surface area contributed by atoms with Crippen molar-refractivity contribution >= 4 is 27.3 Å². The SMILES string of the molecule is CN1C[C@H](c2ccc(C(F)(F)F)cc2)[C@@H](C(=O)Nc2cccc3c2S(=O)(=O)CC3)C1=O. The maximum atomic E-state index is 13.1. The zero-order chi connectivity index (χ0) is 22.6. The average Bonchev–Trinajstić information content (AvgIpc) is 3.18. The van der Waals surface area contributed by atoms with Crippen LogP contribution < -0.4 is 5.32 Å². The summed E-state index contributed by atoms with van der Waals surface area (Å²) < 4.78 is 63.3. The van der Waals surface area contributed by atoms with Crippen molar-refractivity contribution in [3.63, 3.8) is 0 Å². The number of nitrogens with zero attached hydrogens (tertiary/aromatic N) is 1. The highest BCUT2D eigenvalue weighted by atomic mass is 32.2. The lowest BCUT2D eigenvalue weighted by atomic mass is 9.87. The molecule has 2 aliphatic rings. The van der Waals surface area contributed by atoms with E-state index in [9.17, 15) is 31.2 Å². The number of sulfone groups is 1. The third-order valence-electron chi connectivity index (χ3n) is 5.77. The number of alkyl halides is 3. The number of rotatable bonds is 3. The van der Waals surface area contributed by atoms with Gasteiger partial charge in [-0.1, -0.05) is 24.3 Å². The smallest absolute Gasteiger partial charge is 0.344 e. The van der Waals surface area contributed by atoms with Crippen LogP contribution in [-0.2, 0) is 32.0 Å². The number of benzene rings is 2. The van der Waals surface area contributed by atoms with E-state index in [1.165, 1.54) is 30.1 Å². The first-order valence-electron chi connectivity index (χ1n) is 9.56. The molecule has 2 aliphatic heterocycles. The number of fused-ring (bicyclic) bond motifs is 1. The number of likely N-dealkylation sites (N-methyl/N-ethyl adjacent to an activating group) is 1. The highest BCUT2D eigenvalue weighted by Crippen LogP contribution is 2.38. The second-order valence-corrected chi connectivity index (χ2v) is 9.82. The molecule has 0 aromatic heterocycles. The first kappa shape index (κ1) is 21.4. The zero-order valence-electron chi connectivity index (χ0n) is 16.4.